The summed E-state index contributed by atoms with van der Waals surface area (Å²) in [4.78, 5) is 4.74. The van der Waals surface area contributed by atoms with E-state index in [2.05, 4.69) is 242 Å². The minimum absolute atomic E-state index is 0.0878. The summed E-state index contributed by atoms with van der Waals surface area (Å²) in [5.41, 5.74) is 14.4. The first kappa shape index (κ1) is 34.3. The van der Waals surface area contributed by atoms with E-state index in [1.165, 1.54) is 43.8 Å². The zero-order valence-electron chi connectivity index (χ0n) is 32.2. The van der Waals surface area contributed by atoms with Gasteiger partial charge in [-0.3, -0.25) is 0 Å². The molecule has 0 saturated heterocycles. The van der Waals surface area contributed by atoms with Crippen molar-refractivity contribution in [3.8, 4) is 11.1 Å². The Bertz CT molecular complexity index is 2920. The molecule has 2 heteroatoms. The van der Waals surface area contributed by atoms with Gasteiger partial charge in [-0.1, -0.05) is 166 Å². The molecule has 1 aliphatic rings. The molecule has 0 heterocycles. The molecule has 1 aliphatic carbocycles. The van der Waals surface area contributed by atoms with E-state index in [9.17, 15) is 0 Å². The van der Waals surface area contributed by atoms with Gasteiger partial charge in [0, 0.05) is 39.2 Å². The molecule has 57 heavy (non-hydrogen) atoms. The van der Waals surface area contributed by atoms with Crippen LogP contribution in [0.25, 0.3) is 44.8 Å². The van der Waals surface area contributed by atoms with Crippen molar-refractivity contribution in [2.75, 3.05) is 9.80 Å². The molecular weight excluding hydrogens is 689 g/mol. The first-order valence-electron chi connectivity index (χ1n) is 19.8. The van der Waals surface area contributed by atoms with E-state index in [0.29, 0.717) is 0 Å². The molecule has 0 spiro atoms. The maximum absolute atomic E-state index is 2.42. The van der Waals surface area contributed by atoms with Crippen molar-refractivity contribution in [2.45, 2.75) is 19.3 Å². The predicted octanol–water partition coefficient (Wildman–Crippen LogP) is 15.4. The van der Waals surface area contributed by atoms with Crippen LogP contribution >= 0.6 is 0 Å². The number of para-hydroxylation sites is 1. The van der Waals surface area contributed by atoms with Crippen LogP contribution < -0.4 is 9.80 Å². The average Bonchev–Trinajstić information content (AvgIpc) is 3.49. The molecule has 0 fully saturated rings. The molecule has 10 rings (SSSR count). The van der Waals surface area contributed by atoms with Crippen molar-refractivity contribution in [3.63, 3.8) is 0 Å². The second-order valence-corrected chi connectivity index (χ2v) is 15.5. The Hall–Kier alpha value is -7.16. The molecule has 0 bridgehead atoms. The highest BCUT2D eigenvalue weighted by molar-refractivity contribution is 5.99. The number of rotatable bonds is 8. The summed E-state index contributed by atoms with van der Waals surface area (Å²) >= 11 is 0. The van der Waals surface area contributed by atoms with E-state index < -0.39 is 0 Å². The van der Waals surface area contributed by atoms with Gasteiger partial charge in [-0.25, -0.2) is 0 Å². The van der Waals surface area contributed by atoms with E-state index in [1.807, 2.05) is 0 Å². The quantitative estimate of drug-likeness (QED) is 0.144. The van der Waals surface area contributed by atoms with E-state index in [4.69, 9.17) is 0 Å². The lowest BCUT2D eigenvalue weighted by Crippen LogP contribution is -2.16. The van der Waals surface area contributed by atoms with Crippen molar-refractivity contribution in [1.82, 2.24) is 0 Å². The maximum Gasteiger partial charge on any atom is 0.0540 e. The van der Waals surface area contributed by atoms with Crippen LogP contribution in [0.2, 0.25) is 0 Å². The summed E-state index contributed by atoms with van der Waals surface area (Å²) in [5.74, 6) is 0. The standard InChI is InChI=1S/C55H42N2/c1-55(2)52-21-11-10-20-50(52)51-36-35-48(38-53(51)55)57(54-22-12-16-42-14-8-9-19-49(42)54)46-32-27-40(28-33-46)24-23-39-25-30-45(31-26-39)56(44-17-4-3-5-18-44)47-34-29-41-13-6-7-15-43(41)37-47/h3-38H,1-2H3/b24-23+. The van der Waals surface area contributed by atoms with Crippen LogP contribution in [-0.4, -0.2) is 0 Å². The number of anilines is 6. The molecule has 0 atom stereocenters. The van der Waals surface area contributed by atoms with Crippen LogP contribution in [0.15, 0.2) is 206 Å². The molecule has 272 valence electrons. The van der Waals surface area contributed by atoms with Gasteiger partial charge in [0.05, 0.1) is 5.69 Å². The molecule has 2 nitrogen and oxygen atoms in total. The maximum atomic E-state index is 2.42. The first-order chi connectivity index (χ1) is 28.0. The van der Waals surface area contributed by atoms with Gasteiger partial charge in [0.25, 0.3) is 0 Å². The fourth-order valence-corrected chi connectivity index (χ4v) is 8.66. The summed E-state index contributed by atoms with van der Waals surface area (Å²) < 4.78 is 0. The summed E-state index contributed by atoms with van der Waals surface area (Å²) in [6.07, 6.45) is 4.40. The molecule has 0 aliphatic heterocycles. The molecule has 0 aromatic heterocycles. The second-order valence-electron chi connectivity index (χ2n) is 15.5. The lowest BCUT2D eigenvalue weighted by molar-refractivity contribution is 0.660. The van der Waals surface area contributed by atoms with E-state index in [1.54, 1.807) is 0 Å². The van der Waals surface area contributed by atoms with Crippen molar-refractivity contribution in [3.05, 3.63) is 229 Å². The lowest BCUT2D eigenvalue weighted by Gasteiger charge is -2.29. The zero-order chi connectivity index (χ0) is 38.3. The average molecular weight is 731 g/mol. The Balaban J connectivity index is 0.965. The van der Waals surface area contributed by atoms with Gasteiger partial charge >= 0.3 is 0 Å². The third kappa shape index (κ3) is 6.26. The van der Waals surface area contributed by atoms with Crippen LogP contribution in [0.3, 0.4) is 0 Å². The van der Waals surface area contributed by atoms with E-state index >= 15 is 0 Å². The highest BCUT2D eigenvalue weighted by atomic mass is 15.1. The molecular formula is C55H42N2. The highest BCUT2D eigenvalue weighted by Crippen LogP contribution is 2.51. The summed E-state index contributed by atoms with van der Waals surface area (Å²) in [5, 5.41) is 4.91. The van der Waals surface area contributed by atoms with Crippen LogP contribution in [0.5, 0.6) is 0 Å². The van der Waals surface area contributed by atoms with Crippen LogP contribution in [0.4, 0.5) is 34.1 Å². The minimum atomic E-state index is -0.0878. The molecule has 9 aromatic rings. The minimum Gasteiger partial charge on any atom is -0.310 e. The van der Waals surface area contributed by atoms with Crippen molar-refractivity contribution in [1.29, 1.82) is 0 Å². The van der Waals surface area contributed by atoms with Crippen molar-refractivity contribution in [2.24, 2.45) is 0 Å². The molecule has 0 saturated carbocycles. The van der Waals surface area contributed by atoms with Crippen LogP contribution in [0, 0.1) is 0 Å². The van der Waals surface area contributed by atoms with Gasteiger partial charge in [-0.2, -0.15) is 0 Å². The Morgan fingerprint density at radius 3 is 1.63 bits per heavy atom. The van der Waals surface area contributed by atoms with Gasteiger partial charge in [0.15, 0.2) is 0 Å². The van der Waals surface area contributed by atoms with Crippen LogP contribution in [0.1, 0.15) is 36.1 Å². The Morgan fingerprint density at radius 2 is 0.877 bits per heavy atom. The zero-order valence-corrected chi connectivity index (χ0v) is 32.2. The number of fused-ring (bicyclic) bond motifs is 5. The van der Waals surface area contributed by atoms with Gasteiger partial charge in [0.1, 0.15) is 0 Å². The number of hydrogen-bond donors (Lipinski definition) is 0. The second kappa shape index (κ2) is 14.2. The van der Waals surface area contributed by atoms with E-state index in [-0.39, 0.29) is 5.41 Å². The third-order valence-corrected chi connectivity index (χ3v) is 11.6. The first-order valence-corrected chi connectivity index (χ1v) is 19.8. The van der Waals surface area contributed by atoms with Crippen molar-refractivity contribution < 1.29 is 0 Å². The Kier molecular flexibility index (Phi) is 8.53. The smallest absolute Gasteiger partial charge is 0.0540 e. The third-order valence-electron chi connectivity index (χ3n) is 11.6. The normalized spacial score (nSPS) is 12.8. The fourth-order valence-electron chi connectivity index (χ4n) is 8.66. The van der Waals surface area contributed by atoms with Crippen molar-refractivity contribution >= 4 is 67.8 Å². The fraction of sp³-hybridized carbons (Fsp3) is 0.0545. The Morgan fingerprint density at radius 1 is 0.351 bits per heavy atom. The van der Waals surface area contributed by atoms with Gasteiger partial charge < -0.3 is 9.80 Å². The Labute approximate surface area is 335 Å². The molecule has 0 radical (unpaired) electrons. The van der Waals surface area contributed by atoms with Gasteiger partial charge in [0.2, 0.25) is 0 Å². The number of benzene rings is 9. The summed E-state index contributed by atoms with van der Waals surface area (Å²) in [6.45, 7) is 4.70. The summed E-state index contributed by atoms with van der Waals surface area (Å²) in [7, 11) is 0. The topological polar surface area (TPSA) is 6.48 Å². The van der Waals surface area contributed by atoms with E-state index in [0.717, 1.165) is 45.3 Å². The number of hydrogen-bond acceptors (Lipinski definition) is 2. The predicted molar refractivity (Wildman–Crippen MR) is 244 cm³/mol. The number of nitrogens with zero attached hydrogens (tertiary/aromatic N) is 2. The largest absolute Gasteiger partial charge is 0.310 e. The molecule has 0 unspecified atom stereocenters. The monoisotopic (exact) mass is 730 g/mol. The van der Waals surface area contributed by atoms with Gasteiger partial charge in [-0.15, -0.1) is 0 Å². The van der Waals surface area contributed by atoms with Gasteiger partial charge in [-0.05, 0) is 116 Å². The molecule has 0 amide bonds. The molecule has 9 aromatic carbocycles. The van der Waals surface area contributed by atoms with Crippen LogP contribution in [-0.2, 0) is 5.41 Å². The summed E-state index contributed by atoms with van der Waals surface area (Å²) in [6, 6.07) is 74.7. The molecule has 0 N–H and O–H groups in total. The SMILES string of the molecule is CC1(C)c2ccccc2-c2ccc(N(c3ccc(/C=C/c4ccc(N(c5ccccc5)c5ccc6ccccc6c5)cc4)cc3)c3cccc4ccccc34)cc21. The lowest BCUT2D eigenvalue weighted by atomic mass is 9.82. The highest BCUT2D eigenvalue weighted by Gasteiger charge is 2.35.